The van der Waals surface area contributed by atoms with Crippen LogP contribution in [0.4, 0.5) is 5.69 Å². The van der Waals surface area contributed by atoms with E-state index in [0.29, 0.717) is 31.3 Å². The molecule has 1 aromatic rings. The lowest BCUT2D eigenvalue weighted by Gasteiger charge is -2.30. The third kappa shape index (κ3) is 1.40. The first-order valence-electron chi connectivity index (χ1n) is 6.59. The Hall–Kier alpha value is -1.82. The summed E-state index contributed by atoms with van der Waals surface area (Å²) in [4.78, 5) is 11.0. The highest BCUT2D eigenvalue weighted by atomic mass is 16.6. The largest absolute Gasteiger partial charge is 0.492 e. The summed E-state index contributed by atoms with van der Waals surface area (Å²) in [6, 6.07) is 0. The Kier molecular flexibility index (Phi) is 2.23. The van der Waals surface area contributed by atoms with Gasteiger partial charge in [0.05, 0.1) is 23.7 Å². The summed E-state index contributed by atoms with van der Waals surface area (Å²) < 4.78 is 11.3. The van der Waals surface area contributed by atoms with Crippen LogP contribution in [0.2, 0.25) is 0 Å². The highest BCUT2D eigenvalue weighted by molar-refractivity contribution is 5.70. The monoisotopic (exact) mass is 262 g/mol. The van der Waals surface area contributed by atoms with Gasteiger partial charge in [-0.05, 0) is 0 Å². The van der Waals surface area contributed by atoms with E-state index in [-0.39, 0.29) is 10.6 Å². The first-order valence-corrected chi connectivity index (χ1v) is 6.59. The van der Waals surface area contributed by atoms with Crippen molar-refractivity contribution in [3.63, 3.8) is 0 Å². The molecule has 1 fully saturated rings. The van der Waals surface area contributed by atoms with Gasteiger partial charge >= 0.3 is 5.69 Å². The number of hydrogen-bond donors (Lipinski definition) is 1. The first-order chi connectivity index (χ1) is 9.27. The fraction of sp³-hybridized carbons (Fsp3) is 0.538. The molecule has 0 amide bonds. The molecule has 1 aromatic carbocycles. The molecule has 0 aromatic heterocycles. The lowest BCUT2D eigenvalue weighted by molar-refractivity contribution is -0.386. The number of rotatable bonds is 2. The molecule has 0 bridgehead atoms. The van der Waals surface area contributed by atoms with Gasteiger partial charge in [-0.2, -0.15) is 0 Å². The van der Waals surface area contributed by atoms with E-state index in [1.807, 2.05) is 0 Å². The van der Waals surface area contributed by atoms with Crippen molar-refractivity contribution in [2.75, 3.05) is 26.3 Å². The van der Waals surface area contributed by atoms with Crippen molar-refractivity contribution in [1.29, 1.82) is 0 Å². The first kappa shape index (κ1) is 11.0. The van der Waals surface area contributed by atoms with Crippen molar-refractivity contribution in [3.8, 4) is 11.5 Å². The van der Waals surface area contributed by atoms with Crippen molar-refractivity contribution in [2.45, 2.75) is 18.8 Å². The minimum absolute atomic E-state index is 0.135. The van der Waals surface area contributed by atoms with Gasteiger partial charge < -0.3 is 14.8 Å². The Morgan fingerprint density at radius 1 is 1.11 bits per heavy atom. The number of ether oxygens (including phenoxy) is 2. The third-order valence-electron chi connectivity index (χ3n) is 4.19. The van der Waals surface area contributed by atoms with Crippen molar-refractivity contribution in [1.82, 2.24) is 5.32 Å². The maximum Gasteiger partial charge on any atom is 0.318 e. The maximum absolute atomic E-state index is 11.3. The average molecular weight is 262 g/mol. The summed E-state index contributed by atoms with van der Waals surface area (Å²) in [6.45, 7) is 2.90. The molecule has 6 nitrogen and oxygen atoms in total. The molecule has 0 saturated carbocycles. The molecular weight excluding hydrogens is 248 g/mol. The molecule has 3 aliphatic rings. The Morgan fingerprint density at radius 2 is 1.79 bits per heavy atom. The van der Waals surface area contributed by atoms with Crippen LogP contribution in [0.3, 0.4) is 0 Å². The van der Waals surface area contributed by atoms with Crippen LogP contribution < -0.4 is 14.8 Å². The fourth-order valence-electron chi connectivity index (χ4n) is 3.24. The van der Waals surface area contributed by atoms with Crippen LogP contribution in [0.5, 0.6) is 11.5 Å². The molecule has 1 saturated heterocycles. The fourth-order valence-corrected chi connectivity index (χ4v) is 3.24. The zero-order valence-electron chi connectivity index (χ0n) is 10.4. The van der Waals surface area contributed by atoms with E-state index >= 15 is 0 Å². The summed E-state index contributed by atoms with van der Waals surface area (Å²) in [6.07, 6.45) is 1.36. The van der Waals surface area contributed by atoms with Crippen LogP contribution in [-0.4, -0.2) is 31.2 Å². The number of nitro benzene ring substituents is 1. The molecule has 1 N–H and O–H groups in total. The summed E-state index contributed by atoms with van der Waals surface area (Å²) >= 11 is 0. The van der Waals surface area contributed by atoms with Gasteiger partial charge in [-0.25, -0.2) is 0 Å². The predicted octanol–water partition coefficient (Wildman–Crippen LogP) is 1.15. The lowest BCUT2D eigenvalue weighted by Crippen LogP contribution is -2.40. The van der Waals surface area contributed by atoms with Crippen LogP contribution in [0.15, 0.2) is 0 Å². The third-order valence-corrected chi connectivity index (χ3v) is 4.19. The van der Waals surface area contributed by atoms with Gasteiger partial charge in [-0.3, -0.25) is 10.1 Å². The number of benzene rings is 1. The highest BCUT2D eigenvalue weighted by Gasteiger charge is 2.40. The molecule has 19 heavy (non-hydrogen) atoms. The molecule has 0 radical (unpaired) electrons. The van der Waals surface area contributed by atoms with Crippen LogP contribution in [-0.2, 0) is 12.8 Å². The van der Waals surface area contributed by atoms with Crippen LogP contribution in [0.25, 0.3) is 0 Å². The zero-order valence-corrected chi connectivity index (χ0v) is 10.4. The summed E-state index contributed by atoms with van der Waals surface area (Å²) in [7, 11) is 0. The van der Waals surface area contributed by atoms with Gasteiger partial charge in [-0.15, -0.1) is 0 Å². The maximum atomic E-state index is 11.3. The van der Waals surface area contributed by atoms with Gasteiger partial charge in [0.25, 0.3) is 0 Å². The van der Waals surface area contributed by atoms with Crippen LogP contribution in [0, 0.1) is 10.1 Å². The second-order valence-corrected chi connectivity index (χ2v) is 5.19. The predicted molar refractivity (Wildman–Crippen MR) is 67.1 cm³/mol. The minimum Gasteiger partial charge on any atom is -0.492 e. The quantitative estimate of drug-likeness (QED) is 0.639. The SMILES string of the molecule is O=[N+]([O-])c1c2c(c(C3CNC3)c3c1OCC3)OCC2. The number of nitrogens with zero attached hydrogens (tertiary/aromatic N) is 1. The van der Waals surface area contributed by atoms with E-state index < -0.39 is 0 Å². The van der Waals surface area contributed by atoms with E-state index in [1.54, 1.807) is 0 Å². The van der Waals surface area contributed by atoms with Gasteiger partial charge in [0.2, 0.25) is 5.75 Å². The molecule has 0 unspecified atom stereocenters. The van der Waals surface area contributed by atoms with E-state index in [2.05, 4.69) is 5.32 Å². The molecule has 0 spiro atoms. The number of nitrogens with one attached hydrogen (secondary N) is 1. The van der Waals surface area contributed by atoms with Crippen molar-refractivity contribution in [2.24, 2.45) is 0 Å². The summed E-state index contributed by atoms with van der Waals surface area (Å²) in [5.74, 6) is 1.67. The minimum atomic E-state index is -0.319. The second-order valence-electron chi connectivity index (χ2n) is 5.19. The standard InChI is InChI=1S/C13H14N2O4/c16-15(17)11-9-2-4-18-12(9)10(7-5-14-6-7)8-1-3-19-13(8)11/h7,14H,1-6H2. The van der Waals surface area contributed by atoms with Crippen molar-refractivity contribution < 1.29 is 14.4 Å². The van der Waals surface area contributed by atoms with Crippen LogP contribution in [0.1, 0.15) is 22.6 Å². The number of hydrogen-bond acceptors (Lipinski definition) is 5. The Morgan fingerprint density at radius 3 is 2.42 bits per heavy atom. The highest BCUT2D eigenvalue weighted by Crippen LogP contribution is 2.51. The molecule has 4 rings (SSSR count). The molecular formula is C13H14N2O4. The summed E-state index contributed by atoms with van der Waals surface area (Å²) in [5.41, 5.74) is 3.02. The molecule has 3 aliphatic heterocycles. The molecule has 3 heterocycles. The van der Waals surface area contributed by atoms with E-state index in [4.69, 9.17) is 9.47 Å². The lowest BCUT2D eigenvalue weighted by atomic mass is 9.85. The van der Waals surface area contributed by atoms with Crippen molar-refractivity contribution in [3.05, 3.63) is 26.8 Å². The number of nitro groups is 1. The Balaban J connectivity index is 2.00. The van der Waals surface area contributed by atoms with Gasteiger partial charge in [-0.1, -0.05) is 0 Å². The van der Waals surface area contributed by atoms with Gasteiger partial charge in [0.1, 0.15) is 5.75 Å². The average Bonchev–Trinajstić information content (AvgIpc) is 2.92. The Bertz CT molecular complexity index is 545. The second kappa shape index (κ2) is 3.84. The molecule has 0 atom stereocenters. The summed E-state index contributed by atoms with van der Waals surface area (Å²) in [5, 5.41) is 14.6. The van der Waals surface area contributed by atoms with Crippen molar-refractivity contribution >= 4 is 5.69 Å². The molecule has 0 aliphatic carbocycles. The van der Waals surface area contributed by atoms with Gasteiger partial charge in [0, 0.05) is 43.0 Å². The normalized spacial score (nSPS) is 20.2. The van der Waals surface area contributed by atoms with Gasteiger partial charge in [0.15, 0.2) is 0 Å². The van der Waals surface area contributed by atoms with E-state index in [9.17, 15) is 10.1 Å². The molecule has 100 valence electrons. The zero-order chi connectivity index (χ0) is 13.0. The topological polar surface area (TPSA) is 73.6 Å². The number of fused-ring (bicyclic) bond motifs is 2. The van der Waals surface area contributed by atoms with E-state index in [0.717, 1.165) is 42.0 Å². The molecule has 6 heteroatoms. The van der Waals surface area contributed by atoms with E-state index in [1.165, 1.54) is 0 Å². The van der Waals surface area contributed by atoms with Crippen LogP contribution >= 0.6 is 0 Å². The Labute approximate surface area is 109 Å². The smallest absolute Gasteiger partial charge is 0.318 e.